The Hall–Kier alpha value is -0.740. The highest BCUT2D eigenvalue weighted by Gasteiger charge is 2.03. The van der Waals surface area contributed by atoms with Crippen LogP contribution in [0.1, 0.15) is 0 Å². The van der Waals surface area contributed by atoms with Crippen LogP contribution in [0.4, 0.5) is 10.1 Å². The van der Waals surface area contributed by atoms with Crippen molar-refractivity contribution in [3.05, 3.63) is 24.3 Å². The molecule has 1 atom stereocenters. The zero-order chi connectivity index (χ0) is 9.68. The summed E-state index contributed by atoms with van der Waals surface area (Å²) in [7, 11) is 0. The number of hydrogen-bond acceptors (Lipinski definition) is 3. The number of hydrogen-bond donors (Lipinski definition) is 2. The maximum absolute atomic E-state index is 11.9. The van der Waals surface area contributed by atoms with E-state index in [4.69, 9.17) is 10.8 Å². The van der Waals surface area contributed by atoms with Gasteiger partial charge >= 0.3 is 0 Å². The lowest BCUT2D eigenvalue weighted by molar-refractivity contribution is 0.162. The van der Waals surface area contributed by atoms with Gasteiger partial charge in [-0.25, -0.2) is 4.39 Å². The summed E-state index contributed by atoms with van der Waals surface area (Å²) < 4.78 is 11.9. The molecule has 1 aromatic carbocycles. The maximum Gasteiger partial charge on any atom is 0.116 e. The molecule has 0 aliphatic heterocycles. The highest BCUT2D eigenvalue weighted by atomic mass is 32.2. The molecule has 1 aromatic rings. The summed E-state index contributed by atoms with van der Waals surface area (Å²) in [6.07, 6.45) is -0.883. The molecule has 4 heteroatoms. The van der Waals surface area contributed by atoms with Crippen LogP contribution in [-0.2, 0) is 0 Å². The van der Waals surface area contributed by atoms with Gasteiger partial charge < -0.3 is 10.8 Å². The summed E-state index contributed by atoms with van der Waals surface area (Å²) in [5, 5.41) is 8.96. The standard InChI is InChI=1S/C9H12FNOS/c10-5-8(12)6-13-9-3-1-2-7(11)4-9/h1-4,8,12H,5-6,11H2. The lowest BCUT2D eigenvalue weighted by Crippen LogP contribution is -2.11. The molecule has 0 heterocycles. The van der Waals surface area contributed by atoms with Gasteiger partial charge in [0, 0.05) is 16.3 Å². The van der Waals surface area contributed by atoms with Crippen LogP contribution in [0.3, 0.4) is 0 Å². The molecule has 13 heavy (non-hydrogen) atoms. The first-order chi connectivity index (χ1) is 6.22. The molecular weight excluding hydrogens is 189 g/mol. The van der Waals surface area contributed by atoms with E-state index in [0.29, 0.717) is 11.4 Å². The number of aliphatic hydroxyl groups is 1. The Morgan fingerprint density at radius 3 is 2.92 bits per heavy atom. The molecule has 72 valence electrons. The fourth-order valence-electron chi connectivity index (χ4n) is 0.841. The van der Waals surface area contributed by atoms with E-state index in [2.05, 4.69) is 0 Å². The fourth-order valence-corrected chi connectivity index (χ4v) is 1.71. The van der Waals surface area contributed by atoms with Crippen LogP contribution in [0, 0.1) is 0 Å². The van der Waals surface area contributed by atoms with E-state index in [1.54, 1.807) is 12.1 Å². The fraction of sp³-hybridized carbons (Fsp3) is 0.333. The van der Waals surface area contributed by atoms with Gasteiger partial charge in [0.05, 0.1) is 6.10 Å². The van der Waals surface area contributed by atoms with Crippen molar-refractivity contribution in [3.63, 3.8) is 0 Å². The Bertz CT molecular complexity index is 270. The molecule has 0 aliphatic carbocycles. The van der Waals surface area contributed by atoms with E-state index in [0.717, 1.165) is 4.90 Å². The number of nitrogen functional groups attached to an aromatic ring is 1. The molecule has 0 aromatic heterocycles. The van der Waals surface area contributed by atoms with Gasteiger partial charge in [-0.1, -0.05) is 6.07 Å². The van der Waals surface area contributed by atoms with E-state index in [1.807, 2.05) is 12.1 Å². The molecule has 3 N–H and O–H groups in total. The first kappa shape index (κ1) is 10.3. The van der Waals surface area contributed by atoms with Gasteiger partial charge in [-0.3, -0.25) is 0 Å². The highest BCUT2D eigenvalue weighted by molar-refractivity contribution is 7.99. The van der Waals surface area contributed by atoms with Crippen molar-refractivity contribution in [2.75, 3.05) is 18.2 Å². The minimum Gasteiger partial charge on any atom is -0.399 e. The summed E-state index contributed by atoms with van der Waals surface area (Å²) in [5.74, 6) is 0.361. The number of benzene rings is 1. The van der Waals surface area contributed by atoms with Crippen LogP contribution in [0.2, 0.25) is 0 Å². The zero-order valence-electron chi connectivity index (χ0n) is 7.11. The third-order valence-electron chi connectivity index (χ3n) is 1.48. The number of thioether (sulfide) groups is 1. The number of aliphatic hydroxyl groups excluding tert-OH is 1. The smallest absolute Gasteiger partial charge is 0.116 e. The summed E-state index contributed by atoms with van der Waals surface area (Å²) >= 11 is 1.40. The Morgan fingerprint density at radius 1 is 1.54 bits per heavy atom. The summed E-state index contributed by atoms with van der Waals surface area (Å²) in [4.78, 5) is 0.951. The number of nitrogens with two attached hydrogens (primary N) is 1. The molecule has 0 amide bonds. The molecule has 1 unspecified atom stereocenters. The van der Waals surface area contributed by atoms with E-state index in [-0.39, 0.29) is 0 Å². The van der Waals surface area contributed by atoms with Gasteiger partial charge in [0.2, 0.25) is 0 Å². The molecule has 0 saturated carbocycles. The van der Waals surface area contributed by atoms with Gasteiger partial charge in [-0.05, 0) is 18.2 Å². The Balaban J connectivity index is 2.45. The second-order valence-corrected chi connectivity index (χ2v) is 3.79. The van der Waals surface area contributed by atoms with Crippen molar-refractivity contribution in [1.82, 2.24) is 0 Å². The quantitative estimate of drug-likeness (QED) is 0.575. The average Bonchev–Trinajstić information content (AvgIpc) is 2.14. The number of alkyl halides is 1. The number of anilines is 1. The van der Waals surface area contributed by atoms with Crippen molar-refractivity contribution >= 4 is 17.4 Å². The van der Waals surface area contributed by atoms with Crippen molar-refractivity contribution in [3.8, 4) is 0 Å². The minimum atomic E-state index is -0.883. The molecule has 0 radical (unpaired) electrons. The highest BCUT2D eigenvalue weighted by Crippen LogP contribution is 2.20. The molecule has 2 nitrogen and oxygen atoms in total. The van der Waals surface area contributed by atoms with Gasteiger partial charge in [-0.2, -0.15) is 0 Å². The van der Waals surface area contributed by atoms with E-state index < -0.39 is 12.8 Å². The van der Waals surface area contributed by atoms with Gasteiger partial charge in [-0.15, -0.1) is 11.8 Å². The van der Waals surface area contributed by atoms with Crippen molar-refractivity contribution in [2.45, 2.75) is 11.0 Å². The zero-order valence-corrected chi connectivity index (χ0v) is 7.93. The van der Waals surface area contributed by atoms with E-state index >= 15 is 0 Å². The molecule has 1 rings (SSSR count). The second-order valence-electron chi connectivity index (χ2n) is 2.69. The Morgan fingerprint density at radius 2 is 2.31 bits per heavy atom. The first-order valence-electron chi connectivity index (χ1n) is 3.94. The predicted octanol–water partition coefficient (Wildman–Crippen LogP) is 1.69. The van der Waals surface area contributed by atoms with Crippen LogP contribution in [-0.4, -0.2) is 23.6 Å². The minimum absolute atomic E-state index is 0.361. The summed E-state index contributed by atoms with van der Waals surface area (Å²) in [6.45, 7) is -0.699. The van der Waals surface area contributed by atoms with Crippen LogP contribution in [0.15, 0.2) is 29.2 Å². The molecule has 0 bridgehead atoms. The van der Waals surface area contributed by atoms with Gasteiger partial charge in [0.15, 0.2) is 0 Å². The molecule has 0 aliphatic rings. The van der Waals surface area contributed by atoms with Crippen LogP contribution >= 0.6 is 11.8 Å². The molecule has 0 saturated heterocycles. The summed E-state index contributed by atoms with van der Waals surface area (Å²) in [6, 6.07) is 7.30. The normalized spacial score (nSPS) is 12.8. The molecule has 0 fully saturated rings. The Kier molecular flexibility index (Phi) is 4.05. The largest absolute Gasteiger partial charge is 0.399 e. The number of halogens is 1. The third kappa shape index (κ3) is 3.65. The maximum atomic E-state index is 11.9. The van der Waals surface area contributed by atoms with Gasteiger partial charge in [0.1, 0.15) is 6.67 Å². The lowest BCUT2D eigenvalue weighted by Gasteiger charge is -2.05. The van der Waals surface area contributed by atoms with Crippen LogP contribution < -0.4 is 5.73 Å². The number of rotatable bonds is 4. The Labute approximate surface area is 80.9 Å². The van der Waals surface area contributed by atoms with Crippen molar-refractivity contribution in [1.29, 1.82) is 0 Å². The van der Waals surface area contributed by atoms with Gasteiger partial charge in [0.25, 0.3) is 0 Å². The van der Waals surface area contributed by atoms with Crippen molar-refractivity contribution in [2.24, 2.45) is 0 Å². The van der Waals surface area contributed by atoms with Crippen molar-refractivity contribution < 1.29 is 9.50 Å². The monoisotopic (exact) mass is 201 g/mol. The van der Waals surface area contributed by atoms with E-state index in [1.165, 1.54) is 11.8 Å². The topological polar surface area (TPSA) is 46.2 Å². The lowest BCUT2D eigenvalue weighted by atomic mass is 10.3. The summed E-state index contributed by atoms with van der Waals surface area (Å²) in [5.41, 5.74) is 6.23. The third-order valence-corrected chi connectivity index (χ3v) is 2.62. The second kappa shape index (κ2) is 5.09. The SMILES string of the molecule is Nc1cccc(SCC(O)CF)c1. The first-order valence-corrected chi connectivity index (χ1v) is 4.93. The average molecular weight is 201 g/mol. The van der Waals surface area contributed by atoms with E-state index in [9.17, 15) is 4.39 Å². The molecular formula is C9H12FNOS. The van der Waals surface area contributed by atoms with Crippen LogP contribution in [0.5, 0.6) is 0 Å². The van der Waals surface area contributed by atoms with Crippen LogP contribution in [0.25, 0.3) is 0 Å². The predicted molar refractivity (Wildman–Crippen MR) is 53.6 cm³/mol. The molecule has 0 spiro atoms.